The Morgan fingerprint density at radius 3 is 2.83 bits per heavy atom. The number of carbonyl (C=O) groups is 1. The Balaban J connectivity index is 2.60. The van der Waals surface area contributed by atoms with Crippen molar-refractivity contribution in [2.75, 3.05) is 0 Å². The minimum atomic E-state index is -0.290. The Kier molecular flexibility index (Phi) is 1.47. The first-order chi connectivity index (χ1) is 5.77. The number of hydrogen-bond acceptors (Lipinski definition) is 1. The van der Waals surface area contributed by atoms with E-state index in [1.54, 1.807) is 18.2 Å². The van der Waals surface area contributed by atoms with Gasteiger partial charge in [0, 0.05) is 12.0 Å². The molecule has 2 heteroatoms. The minimum Gasteiger partial charge on any atom is -0.294 e. The number of hydrogen-bond donors (Lipinski definition) is 0. The lowest BCUT2D eigenvalue weighted by Crippen LogP contribution is -2.08. The normalized spacial score (nSPS) is 15.3. The molecule has 0 spiro atoms. The largest absolute Gasteiger partial charge is 0.294 e. The van der Waals surface area contributed by atoms with Gasteiger partial charge in [0.15, 0.2) is 11.5 Å². The van der Waals surface area contributed by atoms with Crippen LogP contribution in [0, 0.1) is 6.08 Å². The lowest BCUT2D eigenvalue weighted by Gasteiger charge is -2.08. The van der Waals surface area contributed by atoms with Crippen LogP contribution in [0.15, 0.2) is 24.3 Å². The summed E-state index contributed by atoms with van der Waals surface area (Å²) in [6.45, 7) is 0. The SMILES string of the molecule is [O]C1=[C]C(=O)Cc2ccccc21. The molecule has 2 rings (SSSR count). The summed E-state index contributed by atoms with van der Waals surface area (Å²) in [7, 11) is 0. The molecule has 58 valence electrons. The van der Waals surface area contributed by atoms with Crippen LogP contribution in [0.5, 0.6) is 0 Å². The number of Topliss-reactive ketones (excluding diaryl/α,β-unsaturated/α-hetero) is 1. The van der Waals surface area contributed by atoms with Crippen molar-refractivity contribution in [2.45, 2.75) is 6.42 Å². The Bertz CT molecular complexity index is 364. The topological polar surface area (TPSA) is 37.0 Å². The van der Waals surface area contributed by atoms with Gasteiger partial charge in [-0.2, -0.15) is 0 Å². The predicted octanol–water partition coefficient (Wildman–Crippen LogP) is 1.39. The minimum absolute atomic E-state index is 0.223. The Morgan fingerprint density at radius 1 is 1.25 bits per heavy atom. The molecule has 1 aliphatic carbocycles. The molecule has 0 amide bonds. The van der Waals surface area contributed by atoms with E-state index in [1.807, 2.05) is 6.07 Å². The zero-order valence-electron chi connectivity index (χ0n) is 6.33. The second-order valence-electron chi connectivity index (χ2n) is 2.71. The summed E-state index contributed by atoms with van der Waals surface area (Å²) >= 11 is 0. The second-order valence-corrected chi connectivity index (χ2v) is 2.71. The van der Waals surface area contributed by atoms with E-state index < -0.39 is 0 Å². The number of allylic oxidation sites excluding steroid dienone is 1. The summed E-state index contributed by atoms with van der Waals surface area (Å²) in [6, 6.07) is 7.13. The summed E-state index contributed by atoms with van der Waals surface area (Å²) in [6.07, 6.45) is 2.57. The van der Waals surface area contributed by atoms with Gasteiger partial charge in [-0.15, -0.1) is 0 Å². The van der Waals surface area contributed by atoms with Gasteiger partial charge in [-0.1, -0.05) is 24.3 Å². The Labute approximate surface area is 70.2 Å². The predicted molar refractivity (Wildman–Crippen MR) is 42.5 cm³/mol. The molecule has 0 bridgehead atoms. The Morgan fingerprint density at radius 2 is 2.00 bits per heavy atom. The number of benzene rings is 1. The first kappa shape index (κ1) is 7.10. The van der Waals surface area contributed by atoms with E-state index in [1.165, 1.54) is 0 Å². The van der Waals surface area contributed by atoms with Gasteiger partial charge in [0.1, 0.15) is 0 Å². The summed E-state index contributed by atoms with van der Waals surface area (Å²) < 4.78 is 0. The average Bonchev–Trinajstić information content (AvgIpc) is 2.04. The molecule has 2 nitrogen and oxygen atoms in total. The number of carbonyl (C=O) groups excluding carboxylic acids is 1. The average molecular weight is 158 g/mol. The second kappa shape index (κ2) is 2.48. The molecular weight excluding hydrogens is 152 g/mol. The maximum absolute atomic E-state index is 11.2. The molecule has 0 fully saturated rings. The van der Waals surface area contributed by atoms with Crippen molar-refractivity contribution < 1.29 is 9.90 Å². The highest BCUT2D eigenvalue weighted by atomic mass is 16.3. The maximum atomic E-state index is 11.2. The van der Waals surface area contributed by atoms with Crippen LogP contribution >= 0.6 is 0 Å². The van der Waals surface area contributed by atoms with Crippen molar-refractivity contribution in [3.8, 4) is 0 Å². The highest BCUT2D eigenvalue weighted by Crippen LogP contribution is 2.21. The molecule has 0 saturated carbocycles. The van der Waals surface area contributed by atoms with E-state index in [9.17, 15) is 9.90 Å². The van der Waals surface area contributed by atoms with Crippen molar-refractivity contribution in [3.63, 3.8) is 0 Å². The Hall–Kier alpha value is -1.57. The fourth-order valence-corrected chi connectivity index (χ4v) is 1.31. The third-order valence-electron chi connectivity index (χ3n) is 1.87. The van der Waals surface area contributed by atoms with Gasteiger partial charge in [0.2, 0.25) is 0 Å². The smallest absolute Gasteiger partial charge is 0.197 e. The zero-order chi connectivity index (χ0) is 8.55. The molecule has 0 N–H and O–H groups in total. The number of ketones is 1. The van der Waals surface area contributed by atoms with Gasteiger partial charge >= 0.3 is 0 Å². The monoisotopic (exact) mass is 158 g/mol. The fraction of sp³-hybridized carbons (Fsp3) is 0.100. The van der Waals surface area contributed by atoms with Crippen LogP contribution in [-0.2, 0) is 16.3 Å². The van der Waals surface area contributed by atoms with Gasteiger partial charge in [-0.3, -0.25) is 9.90 Å². The number of rotatable bonds is 0. The summed E-state index contributed by atoms with van der Waals surface area (Å²) in [5.74, 6) is -0.513. The number of fused-ring (bicyclic) bond motifs is 1. The summed E-state index contributed by atoms with van der Waals surface area (Å²) in [4.78, 5) is 10.9. The third kappa shape index (κ3) is 1.01. The first-order valence-electron chi connectivity index (χ1n) is 3.69. The van der Waals surface area contributed by atoms with Crippen molar-refractivity contribution in [3.05, 3.63) is 41.5 Å². The van der Waals surface area contributed by atoms with Crippen LogP contribution < -0.4 is 0 Å². The van der Waals surface area contributed by atoms with Crippen molar-refractivity contribution in [2.24, 2.45) is 0 Å². The van der Waals surface area contributed by atoms with Crippen LogP contribution in [-0.4, -0.2) is 5.78 Å². The van der Waals surface area contributed by atoms with Gasteiger partial charge in [0.05, 0.1) is 6.08 Å². The van der Waals surface area contributed by atoms with Crippen LogP contribution in [0.1, 0.15) is 11.1 Å². The van der Waals surface area contributed by atoms with Crippen LogP contribution in [0.2, 0.25) is 0 Å². The highest BCUT2D eigenvalue weighted by Gasteiger charge is 2.17. The molecular formula is C10H6O2. The first-order valence-corrected chi connectivity index (χ1v) is 3.69. The lowest BCUT2D eigenvalue weighted by molar-refractivity contribution is -0.114. The van der Waals surface area contributed by atoms with Crippen molar-refractivity contribution >= 4 is 11.5 Å². The van der Waals surface area contributed by atoms with E-state index in [2.05, 4.69) is 6.08 Å². The molecule has 0 saturated heterocycles. The molecule has 0 unspecified atom stereocenters. The van der Waals surface area contributed by atoms with Gasteiger partial charge in [-0.25, -0.2) is 0 Å². The van der Waals surface area contributed by atoms with Gasteiger partial charge in [0.25, 0.3) is 0 Å². The zero-order valence-corrected chi connectivity index (χ0v) is 6.33. The molecule has 12 heavy (non-hydrogen) atoms. The lowest BCUT2D eigenvalue weighted by atomic mass is 9.95. The third-order valence-corrected chi connectivity index (χ3v) is 1.87. The van der Waals surface area contributed by atoms with Crippen molar-refractivity contribution in [1.29, 1.82) is 0 Å². The van der Waals surface area contributed by atoms with E-state index >= 15 is 0 Å². The van der Waals surface area contributed by atoms with Crippen LogP contribution in [0.25, 0.3) is 5.76 Å². The van der Waals surface area contributed by atoms with E-state index in [0.29, 0.717) is 12.0 Å². The summed E-state index contributed by atoms with van der Waals surface area (Å²) in [5.41, 5.74) is 1.42. The molecule has 2 radical (unpaired) electrons. The molecule has 0 aromatic heterocycles. The molecule has 1 aliphatic rings. The van der Waals surface area contributed by atoms with E-state index in [4.69, 9.17) is 0 Å². The maximum Gasteiger partial charge on any atom is 0.197 e. The van der Waals surface area contributed by atoms with Crippen LogP contribution in [0.4, 0.5) is 0 Å². The molecule has 0 aliphatic heterocycles. The molecule has 0 heterocycles. The van der Waals surface area contributed by atoms with Crippen LogP contribution in [0.3, 0.4) is 0 Å². The summed E-state index contributed by atoms with van der Waals surface area (Å²) in [5, 5.41) is 11.2. The molecule has 1 aromatic rings. The fourth-order valence-electron chi connectivity index (χ4n) is 1.31. The molecule has 1 aromatic carbocycles. The van der Waals surface area contributed by atoms with Crippen molar-refractivity contribution in [1.82, 2.24) is 0 Å². The highest BCUT2D eigenvalue weighted by molar-refractivity contribution is 5.96. The van der Waals surface area contributed by atoms with Gasteiger partial charge in [-0.05, 0) is 5.56 Å². The molecule has 0 atom stereocenters. The van der Waals surface area contributed by atoms with E-state index in [-0.39, 0.29) is 11.5 Å². The quantitative estimate of drug-likeness (QED) is 0.562. The van der Waals surface area contributed by atoms with E-state index in [0.717, 1.165) is 5.56 Å². The standard InChI is InChI=1S/C10H6O2/c11-8-5-7-3-1-2-4-9(7)10(12)6-8/h1-4H,5H2. The van der Waals surface area contributed by atoms with Gasteiger partial charge < -0.3 is 0 Å².